The summed E-state index contributed by atoms with van der Waals surface area (Å²) >= 11 is 0. The quantitative estimate of drug-likeness (QED) is 0.583. The Morgan fingerprint density at radius 3 is 2.00 bits per heavy atom. The average Bonchev–Trinajstić information content (AvgIpc) is 1.93. The van der Waals surface area contributed by atoms with Gasteiger partial charge in [0.15, 0.2) is 0 Å². The van der Waals surface area contributed by atoms with E-state index in [0.717, 1.165) is 0 Å². The highest BCUT2D eigenvalue weighted by Crippen LogP contribution is 2.12. The van der Waals surface area contributed by atoms with Crippen molar-refractivity contribution in [3.05, 3.63) is 17.7 Å². The summed E-state index contributed by atoms with van der Waals surface area (Å²) in [5.41, 5.74) is 3.74. The molecule has 0 spiro atoms. The Morgan fingerprint density at radius 1 is 1.00 bits per heavy atom. The number of rotatable bonds is 0. The molecule has 0 fully saturated rings. The first-order valence-electron chi connectivity index (χ1n) is 2.25. The summed E-state index contributed by atoms with van der Waals surface area (Å²) in [6.07, 6.45) is 0. The van der Waals surface area contributed by atoms with E-state index in [0.29, 0.717) is 0 Å². The van der Waals surface area contributed by atoms with Crippen molar-refractivity contribution in [2.75, 3.05) is 5.73 Å². The molecule has 0 bridgehead atoms. The second-order valence-electron chi connectivity index (χ2n) is 1.51. The van der Waals surface area contributed by atoms with Gasteiger partial charge in [-0.1, -0.05) is 0 Å². The zero-order chi connectivity index (χ0) is 7.72. The zero-order valence-corrected chi connectivity index (χ0v) is 4.61. The summed E-state index contributed by atoms with van der Waals surface area (Å²) in [4.78, 5) is 0. The standard InChI is InChI=1S/C4H2F3N3/c5-1-2(8)4(7)10-9-3(1)6/h(H2,8,9). The van der Waals surface area contributed by atoms with Crippen LogP contribution in [0.5, 0.6) is 0 Å². The number of aromatic nitrogens is 2. The predicted molar refractivity (Wildman–Crippen MR) is 26.3 cm³/mol. The third-order valence-electron chi connectivity index (χ3n) is 0.865. The molecule has 0 aliphatic rings. The Bertz CT molecular complexity index is 235. The van der Waals surface area contributed by atoms with Crippen LogP contribution in [0, 0.1) is 17.7 Å². The van der Waals surface area contributed by atoms with Gasteiger partial charge in [-0.3, -0.25) is 0 Å². The molecular weight excluding hydrogens is 147 g/mol. The van der Waals surface area contributed by atoms with Gasteiger partial charge in [-0.05, 0) is 0 Å². The molecule has 0 radical (unpaired) electrons. The van der Waals surface area contributed by atoms with Crippen molar-refractivity contribution >= 4 is 5.69 Å². The summed E-state index contributed by atoms with van der Waals surface area (Å²) in [6, 6.07) is 0. The lowest BCUT2D eigenvalue weighted by molar-refractivity contribution is 0.441. The zero-order valence-electron chi connectivity index (χ0n) is 4.61. The van der Waals surface area contributed by atoms with Crippen molar-refractivity contribution in [2.24, 2.45) is 0 Å². The number of nitrogens with two attached hydrogens (primary N) is 1. The van der Waals surface area contributed by atoms with Gasteiger partial charge in [0.05, 0.1) is 0 Å². The lowest BCUT2D eigenvalue weighted by atomic mass is 10.4. The fourth-order valence-electron chi connectivity index (χ4n) is 0.387. The third kappa shape index (κ3) is 0.873. The minimum Gasteiger partial charge on any atom is -0.392 e. The van der Waals surface area contributed by atoms with E-state index < -0.39 is 23.4 Å². The fraction of sp³-hybridized carbons (Fsp3) is 0. The molecule has 0 aliphatic heterocycles. The van der Waals surface area contributed by atoms with Crippen LogP contribution in [0.25, 0.3) is 0 Å². The molecule has 3 nitrogen and oxygen atoms in total. The highest BCUT2D eigenvalue weighted by atomic mass is 19.2. The van der Waals surface area contributed by atoms with Gasteiger partial charge in [0, 0.05) is 0 Å². The van der Waals surface area contributed by atoms with E-state index in [9.17, 15) is 13.2 Å². The van der Waals surface area contributed by atoms with Gasteiger partial charge >= 0.3 is 0 Å². The Balaban J connectivity index is 3.34. The highest BCUT2D eigenvalue weighted by Gasteiger charge is 2.12. The summed E-state index contributed by atoms with van der Waals surface area (Å²) < 4.78 is 36.2. The summed E-state index contributed by atoms with van der Waals surface area (Å²) in [5.74, 6) is -4.31. The molecule has 10 heavy (non-hydrogen) atoms. The summed E-state index contributed by atoms with van der Waals surface area (Å²) in [5, 5.41) is 5.07. The first-order chi connectivity index (χ1) is 4.63. The molecule has 0 unspecified atom stereocenters. The van der Waals surface area contributed by atoms with E-state index in [1.807, 2.05) is 0 Å². The molecule has 1 aromatic heterocycles. The Labute approximate surface area is 53.7 Å². The van der Waals surface area contributed by atoms with Crippen molar-refractivity contribution in [1.29, 1.82) is 0 Å². The molecule has 0 saturated carbocycles. The molecule has 6 heteroatoms. The first kappa shape index (κ1) is 6.79. The largest absolute Gasteiger partial charge is 0.392 e. The van der Waals surface area contributed by atoms with Crippen molar-refractivity contribution < 1.29 is 13.2 Å². The van der Waals surface area contributed by atoms with Gasteiger partial charge in [-0.15, -0.1) is 10.2 Å². The average molecular weight is 149 g/mol. The van der Waals surface area contributed by atoms with Crippen LogP contribution < -0.4 is 5.73 Å². The van der Waals surface area contributed by atoms with Crippen molar-refractivity contribution in [3.63, 3.8) is 0 Å². The van der Waals surface area contributed by atoms with Gasteiger partial charge in [-0.2, -0.15) is 13.2 Å². The molecule has 0 amide bonds. The van der Waals surface area contributed by atoms with Crippen LogP contribution in [-0.4, -0.2) is 10.2 Å². The van der Waals surface area contributed by atoms with Gasteiger partial charge in [0.1, 0.15) is 5.69 Å². The number of halogens is 3. The maximum Gasteiger partial charge on any atom is 0.271 e. The van der Waals surface area contributed by atoms with E-state index in [4.69, 9.17) is 5.73 Å². The van der Waals surface area contributed by atoms with Crippen LogP contribution in [0.15, 0.2) is 0 Å². The minimum absolute atomic E-state index is 0.951. The second-order valence-corrected chi connectivity index (χ2v) is 1.51. The van der Waals surface area contributed by atoms with Crippen LogP contribution in [-0.2, 0) is 0 Å². The molecule has 54 valence electrons. The number of anilines is 1. The molecule has 1 aromatic rings. The van der Waals surface area contributed by atoms with Crippen LogP contribution >= 0.6 is 0 Å². The van der Waals surface area contributed by atoms with Crippen molar-refractivity contribution in [2.45, 2.75) is 0 Å². The first-order valence-corrected chi connectivity index (χ1v) is 2.25. The van der Waals surface area contributed by atoms with Crippen molar-refractivity contribution in [3.8, 4) is 0 Å². The molecule has 1 rings (SSSR count). The van der Waals surface area contributed by atoms with Gasteiger partial charge < -0.3 is 5.73 Å². The Hall–Kier alpha value is -1.33. The highest BCUT2D eigenvalue weighted by molar-refractivity contribution is 5.35. The Morgan fingerprint density at radius 2 is 1.50 bits per heavy atom. The van der Waals surface area contributed by atoms with Gasteiger partial charge in [-0.25, -0.2) is 0 Å². The number of hydrogen-bond donors (Lipinski definition) is 1. The monoisotopic (exact) mass is 149 g/mol. The normalized spacial score (nSPS) is 9.90. The van der Waals surface area contributed by atoms with Gasteiger partial charge in [0.25, 0.3) is 11.9 Å². The topological polar surface area (TPSA) is 51.8 Å². The van der Waals surface area contributed by atoms with Crippen LogP contribution in [0.1, 0.15) is 0 Å². The van der Waals surface area contributed by atoms with E-state index in [-0.39, 0.29) is 0 Å². The van der Waals surface area contributed by atoms with E-state index in [1.54, 1.807) is 0 Å². The minimum atomic E-state index is -1.51. The smallest absolute Gasteiger partial charge is 0.271 e. The number of hydrogen-bond acceptors (Lipinski definition) is 3. The fourth-order valence-corrected chi connectivity index (χ4v) is 0.387. The van der Waals surface area contributed by atoms with E-state index >= 15 is 0 Å². The maximum absolute atomic E-state index is 12.1. The van der Waals surface area contributed by atoms with Crippen LogP contribution in [0.2, 0.25) is 0 Å². The Kier molecular flexibility index (Phi) is 1.44. The van der Waals surface area contributed by atoms with E-state index in [2.05, 4.69) is 10.2 Å². The number of nitrogens with zero attached hydrogens (tertiary/aromatic N) is 2. The SMILES string of the molecule is Nc1c(F)nnc(F)c1F. The molecule has 0 aromatic carbocycles. The second kappa shape index (κ2) is 2.13. The van der Waals surface area contributed by atoms with Crippen LogP contribution in [0.3, 0.4) is 0 Å². The summed E-state index contributed by atoms with van der Waals surface area (Å²) in [7, 11) is 0. The van der Waals surface area contributed by atoms with Gasteiger partial charge in [0.2, 0.25) is 5.82 Å². The van der Waals surface area contributed by atoms with Crippen LogP contribution in [0.4, 0.5) is 18.9 Å². The molecule has 0 atom stereocenters. The lowest BCUT2D eigenvalue weighted by Crippen LogP contribution is -2.04. The molecular formula is C4H2F3N3. The third-order valence-corrected chi connectivity index (χ3v) is 0.865. The maximum atomic E-state index is 12.1. The van der Waals surface area contributed by atoms with E-state index in [1.165, 1.54) is 0 Å². The summed E-state index contributed by atoms with van der Waals surface area (Å²) in [6.45, 7) is 0. The molecule has 0 aliphatic carbocycles. The molecule has 1 heterocycles. The molecule has 2 N–H and O–H groups in total. The lowest BCUT2D eigenvalue weighted by Gasteiger charge is -1.94. The molecule has 0 saturated heterocycles. The number of nitrogen functional groups attached to an aromatic ring is 1. The predicted octanol–water partition coefficient (Wildman–Crippen LogP) is 0.476. The van der Waals surface area contributed by atoms with Crippen molar-refractivity contribution in [1.82, 2.24) is 10.2 Å².